The topological polar surface area (TPSA) is 76.4 Å². The first-order valence-electron chi connectivity index (χ1n) is 9.36. The van der Waals surface area contributed by atoms with E-state index in [9.17, 15) is 9.59 Å². The van der Waals surface area contributed by atoms with Crippen molar-refractivity contribution in [3.05, 3.63) is 35.4 Å². The molecule has 1 aromatic rings. The minimum Gasteiger partial charge on any atom is -0.323 e. The molecule has 1 saturated carbocycles. The number of urea groups is 1. The number of nitrogens with zero attached hydrogens (tertiary/aromatic N) is 3. The van der Waals surface area contributed by atoms with Gasteiger partial charge < -0.3 is 5.32 Å². The second-order valence-corrected chi connectivity index (χ2v) is 7.48. The molecule has 138 valence electrons. The lowest BCUT2D eigenvalue weighted by Gasteiger charge is -2.29. The summed E-state index contributed by atoms with van der Waals surface area (Å²) in [6, 6.07) is 9.23. The van der Waals surface area contributed by atoms with Gasteiger partial charge in [-0.1, -0.05) is 44.2 Å². The SMILES string of the molecule is CN(Cc1cccc(C#N)c1)CN1C(=O)NC2(CCCCCCC2)C1=O. The van der Waals surface area contributed by atoms with Crippen LogP contribution >= 0.6 is 0 Å². The zero-order valence-corrected chi connectivity index (χ0v) is 15.3. The predicted molar refractivity (Wildman–Crippen MR) is 97.9 cm³/mol. The van der Waals surface area contributed by atoms with E-state index in [1.54, 1.807) is 6.07 Å². The van der Waals surface area contributed by atoms with Crippen molar-refractivity contribution < 1.29 is 9.59 Å². The van der Waals surface area contributed by atoms with Gasteiger partial charge in [0.15, 0.2) is 0 Å². The van der Waals surface area contributed by atoms with E-state index in [0.717, 1.165) is 44.1 Å². The lowest BCUT2D eigenvalue weighted by atomic mass is 9.84. The third kappa shape index (κ3) is 3.88. The Morgan fingerprint density at radius 2 is 1.88 bits per heavy atom. The van der Waals surface area contributed by atoms with E-state index in [2.05, 4.69) is 11.4 Å². The normalized spacial score (nSPS) is 20.0. The maximum Gasteiger partial charge on any atom is 0.326 e. The average Bonchev–Trinajstić information content (AvgIpc) is 2.83. The van der Waals surface area contributed by atoms with E-state index in [0.29, 0.717) is 12.1 Å². The van der Waals surface area contributed by atoms with Gasteiger partial charge in [0.2, 0.25) is 0 Å². The Hall–Kier alpha value is -2.39. The van der Waals surface area contributed by atoms with E-state index >= 15 is 0 Å². The van der Waals surface area contributed by atoms with E-state index in [1.165, 1.54) is 11.3 Å². The third-order valence-corrected chi connectivity index (χ3v) is 5.34. The number of rotatable bonds is 4. The molecule has 3 amide bonds. The summed E-state index contributed by atoms with van der Waals surface area (Å²) in [5.41, 5.74) is 0.901. The lowest BCUT2D eigenvalue weighted by Crippen LogP contribution is -2.48. The molecule has 1 aromatic carbocycles. The van der Waals surface area contributed by atoms with Gasteiger partial charge in [-0.2, -0.15) is 5.26 Å². The summed E-state index contributed by atoms with van der Waals surface area (Å²) in [7, 11) is 1.88. The molecule has 1 heterocycles. The van der Waals surface area contributed by atoms with Gasteiger partial charge >= 0.3 is 6.03 Å². The van der Waals surface area contributed by atoms with Crippen LogP contribution in [0.15, 0.2) is 24.3 Å². The molecule has 1 saturated heterocycles. The third-order valence-electron chi connectivity index (χ3n) is 5.34. The van der Waals surface area contributed by atoms with Crippen LogP contribution in [-0.2, 0) is 11.3 Å². The van der Waals surface area contributed by atoms with Crippen molar-refractivity contribution in [1.82, 2.24) is 15.1 Å². The van der Waals surface area contributed by atoms with Gasteiger partial charge in [-0.3, -0.25) is 9.69 Å². The number of hydrogen-bond donors (Lipinski definition) is 1. The number of carbonyl (C=O) groups is 2. The minimum absolute atomic E-state index is 0.0815. The number of nitrogens with one attached hydrogen (secondary N) is 1. The van der Waals surface area contributed by atoms with Crippen molar-refractivity contribution in [3.8, 4) is 6.07 Å². The highest BCUT2D eigenvalue weighted by Crippen LogP contribution is 2.32. The summed E-state index contributed by atoms with van der Waals surface area (Å²) in [6.45, 7) is 0.822. The highest BCUT2D eigenvalue weighted by Gasteiger charge is 2.50. The minimum atomic E-state index is -0.695. The molecule has 6 heteroatoms. The first-order chi connectivity index (χ1) is 12.5. The molecule has 26 heavy (non-hydrogen) atoms. The molecule has 0 unspecified atom stereocenters. The summed E-state index contributed by atoms with van der Waals surface area (Å²) >= 11 is 0. The molecule has 2 fully saturated rings. The summed E-state index contributed by atoms with van der Waals surface area (Å²) in [5, 5.41) is 12.0. The van der Waals surface area contributed by atoms with E-state index in [1.807, 2.05) is 30.1 Å². The highest BCUT2D eigenvalue weighted by atomic mass is 16.2. The first-order valence-corrected chi connectivity index (χ1v) is 9.36. The molecule has 0 bridgehead atoms. The largest absolute Gasteiger partial charge is 0.326 e. The van der Waals surface area contributed by atoms with Gasteiger partial charge in [0, 0.05) is 6.54 Å². The second-order valence-electron chi connectivity index (χ2n) is 7.48. The molecular weight excluding hydrogens is 328 g/mol. The highest BCUT2D eigenvalue weighted by molar-refractivity contribution is 6.07. The van der Waals surface area contributed by atoms with Crippen molar-refractivity contribution in [2.45, 2.75) is 57.0 Å². The van der Waals surface area contributed by atoms with E-state index in [4.69, 9.17) is 5.26 Å². The average molecular weight is 354 g/mol. The molecule has 2 aliphatic rings. The standard InChI is InChI=1S/C20H26N4O2/c1-23(14-17-9-7-8-16(12-17)13-21)15-24-18(25)20(22-19(24)26)10-5-3-2-4-6-11-20/h7-9,12H,2-6,10-11,14-15H2,1H3,(H,22,26). The number of imide groups is 1. The smallest absolute Gasteiger partial charge is 0.323 e. The van der Waals surface area contributed by atoms with Crippen LogP contribution in [0.25, 0.3) is 0 Å². The Labute approximate surface area is 154 Å². The molecule has 6 nitrogen and oxygen atoms in total. The van der Waals surface area contributed by atoms with Crippen LogP contribution in [0.2, 0.25) is 0 Å². The molecule has 1 aliphatic heterocycles. The molecule has 0 radical (unpaired) electrons. The lowest BCUT2D eigenvalue weighted by molar-refractivity contribution is -0.133. The van der Waals surface area contributed by atoms with E-state index < -0.39 is 5.54 Å². The van der Waals surface area contributed by atoms with Crippen LogP contribution in [0, 0.1) is 11.3 Å². The summed E-state index contributed by atoms with van der Waals surface area (Å²) in [4.78, 5) is 28.8. The van der Waals surface area contributed by atoms with Crippen LogP contribution in [0.4, 0.5) is 4.79 Å². The maximum absolute atomic E-state index is 13.0. The van der Waals surface area contributed by atoms with Gasteiger partial charge in [0.1, 0.15) is 5.54 Å². The van der Waals surface area contributed by atoms with Crippen LogP contribution in [0.5, 0.6) is 0 Å². The summed E-state index contributed by atoms with van der Waals surface area (Å²) in [6.07, 6.45) is 6.91. The molecule has 1 aliphatic carbocycles. The van der Waals surface area contributed by atoms with Crippen LogP contribution in [0.1, 0.15) is 56.1 Å². The van der Waals surface area contributed by atoms with Gasteiger partial charge in [-0.25, -0.2) is 9.69 Å². The number of nitriles is 1. The summed E-state index contributed by atoms with van der Waals surface area (Å²) in [5.74, 6) is -0.0815. The van der Waals surface area contributed by atoms with E-state index in [-0.39, 0.29) is 18.6 Å². The molecule has 1 N–H and O–H groups in total. The number of hydrogen-bond acceptors (Lipinski definition) is 4. The van der Waals surface area contributed by atoms with Crippen molar-refractivity contribution in [3.63, 3.8) is 0 Å². The molecule has 0 aromatic heterocycles. The Morgan fingerprint density at radius 3 is 2.58 bits per heavy atom. The zero-order valence-electron chi connectivity index (χ0n) is 15.3. The molecular formula is C20H26N4O2. The fraction of sp³-hybridized carbons (Fsp3) is 0.550. The van der Waals surface area contributed by atoms with Crippen molar-refractivity contribution in [1.29, 1.82) is 5.26 Å². The Kier molecular flexibility index (Phi) is 5.58. The molecule has 3 rings (SSSR count). The van der Waals surface area contributed by atoms with Crippen LogP contribution in [0.3, 0.4) is 0 Å². The second kappa shape index (κ2) is 7.88. The fourth-order valence-electron chi connectivity index (χ4n) is 3.99. The predicted octanol–water partition coefficient (Wildman–Crippen LogP) is 2.98. The zero-order chi connectivity index (χ0) is 18.6. The Balaban J connectivity index is 1.66. The first kappa shape index (κ1) is 18.4. The monoisotopic (exact) mass is 354 g/mol. The molecule has 0 atom stereocenters. The Morgan fingerprint density at radius 1 is 1.19 bits per heavy atom. The fourth-order valence-corrected chi connectivity index (χ4v) is 3.99. The van der Waals surface area contributed by atoms with Gasteiger partial charge in [0.25, 0.3) is 5.91 Å². The summed E-state index contributed by atoms with van der Waals surface area (Å²) < 4.78 is 0. The van der Waals surface area contributed by atoms with Crippen molar-refractivity contribution in [2.75, 3.05) is 13.7 Å². The van der Waals surface area contributed by atoms with Gasteiger partial charge in [0.05, 0.1) is 18.3 Å². The number of amides is 3. The van der Waals surface area contributed by atoms with Gasteiger partial charge in [-0.15, -0.1) is 0 Å². The van der Waals surface area contributed by atoms with Crippen LogP contribution in [-0.4, -0.2) is 41.0 Å². The number of benzene rings is 1. The van der Waals surface area contributed by atoms with Gasteiger partial charge in [-0.05, 0) is 37.6 Å². The van der Waals surface area contributed by atoms with Crippen molar-refractivity contribution >= 4 is 11.9 Å². The number of carbonyl (C=O) groups excluding carboxylic acids is 2. The Bertz CT molecular complexity index is 717. The quantitative estimate of drug-likeness (QED) is 0.844. The maximum atomic E-state index is 13.0. The molecule has 1 spiro atoms. The van der Waals surface area contributed by atoms with Crippen molar-refractivity contribution in [2.24, 2.45) is 0 Å². The van der Waals surface area contributed by atoms with Crippen LogP contribution < -0.4 is 5.32 Å².